The Kier molecular flexibility index (Phi) is 4.07. The van der Waals surface area contributed by atoms with Gasteiger partial charge in [-0.3, -0.25) is 4.79 Å². The number of amides is 1. The second kappa shape index (κ2) is 6.52. The number of nitrogen functional groups attached to an aromatic ring is 1. The van der Waals surface area contributed by atoms with E-state index in [4.69, 9.17) is 5.73 Å². The maximum Gasteiger partial charge on any atom is 0.263 e. The molecule has 0 atom stereocenters. The number of nitrogens with zero attached hydrogens (tertiary/aromatic N) is 2. The van der Waals surface area contributed by atoms with Crippen molar-refractivity contribution in [2.75, 3.05) is 28.2 Å². The highest BCUT2D eigenvalue weighted by molar-refractivity contribution is 8.04. The Hall–Kier alpha value is -2.93. The largest absolute Gasteiger partial charge is 0.399 e. The number of hydrogen-bond acceptors (Lipinski definition) is 5. The summed E-state index contributed by atoms with van der Waals surface area (Å²) in [4.78, 5) is 22.8. The van der Waals surface area contributed by atoms with Crippen LogP contribution in [-0.2, 0) is 4.79 Å². The number of rotatable bonds is 3. The lowest BCUT2D eigenvalue weighted by Gasteiger charge is -2.26. The predicted octanol–water partition coefficient (Wildman–Crippen LogP) is 3.18. The van der Waals surface area contributed by atoms with Crippen LogP contribution in [0.15, 0.2) is 59.9 Å². The number of nitrogens with one attached hydrogen (secondary N) is 2. The monoisotopic (exact) mass is 351 g/mol. The molecular formula is C18H17N5OS. The highest BCUT2D eigenvalue weighted by Crippen LogP contribution is 2.31. The van der Waals surface area contributed by atoms with Gasteiger partial charge in [-0.1, -0.05) is 6.07 Å². The second-order valence-electron chi connectivity index (χ2n) is 5.68. The number of anilines is 3. The lowest BCUT2D eigenvalue weighted by atomic mass is 10.2. The fraction of sp³-hybridized carbons (Fsp3) is 0.111. The van der Waals surface area contributed by atoms with Gasteiger partial charge in [0.1, 0.15) is 5.65 Å². The van der Waals surface area contributed by atoms with Gasteiger partial charge in [0.25, 0.3) is 5.91 Å². The zero-order valence-electron chi connectivity index (χ0n) is 13.4. The van der Waals surface area contributed by atoms with Crippen molar-refractivity contribution < 1.29 is 4.79 Å². The molecule has 0 bridgehead atoms. The van der Waals surface area contributed by atoms with Crippen LogP contribution in [0.3, 0.4) is 0 Å². The third-order valence-corrected chi connectivity index (χ3v) is 4.97. The molecule has 3 aromatic rings. The number of carbonyl (C=O) groups is 1. The third-order valence-electron chi connectivity index (χ3n) is 3.98. The molecule has 1 aliphatic rings. The average Bonchev–Trinajstić information content (AvgIpc) is 3.10. The molecule has 25 heavy (non-hydrogen) atoms. The zero-order chi connectivity index (χ0) is 17.2. The van der Waals surface area contributed by atoms with E-state index < -0.39 is 0 Å². The maximum atomic E-state index is 12.6. The van der Waals surface area contributed by atoms with Gasteiger partial charge in [-0.15, -0.1) is 11.8 Å². The first kappa shape index (κ1) is 15.6. The number of fused-ring (bicyclic) bond motifs is 1. The molecular weight excluding hydrogens is 334 g/mol. The van der Waals surface area contributed by atoms with Crippen LogP contribution >= 0.6 is 11.8 Å². The highest BCUT2D eigenvalue weighted by Gasteiger charge is 2.19. The molecule has 4 rings (SSSR count). The van der Waals surface area contributed by atoms with Gasteiger partial charge in [0.05, 0.1) is 10.6 Å². The molecule has 0 radical (unpaired) electrons. The molecule has 1 aliphatic heterocycles. The number of hydrogen-bond donors (Lipinski definition) is 3. The summed E-state index contributed by atoms with van der Waals surface area (Å²) in [7, 11) is 0. The van der Waals surface area contributed by atoms with Crippen LogP contribution in [0.2, 0.25) is 0 Å². The van der Waals surface area contributed by atoms with Crippen LogP contribution in [0.1, 0.15) is 0 Å². The number of benzene rings is 1. The van der Waals surface area contributed by atoms with Gasteiger partial charge in [-0.25, -0.2) is 4.98 Å². The topological polar surface area (TPSA) is 87.0 Å². The van der Waals surface area contributed by atoms with Gasteiger partial charge >= 0.3 is 0 Å². The Balaban J connectivity index is 1.60. The van der Waals surface area contributed by atoms with Crippen molar-refractivity contribution in [2.45, 2.75) is 0 Å². The van der Waals surface area contributed by atoms with E-state index in [1.807, 2.05) is 36.7 Å². The number of nitrogens with two attached hydrogens (primary N) is 1. The minimum atomic E-state index is -0.125. The van der Waals surface area contributed by atoms with E-state index >= 15 is 0 Å². The normalized spacial score (nSPS) is 14.4. The lowest BCUT2D eigenvalue weighted by Crippen LogP contribution is -2.27. The molecule has 0 saturated carbocycles. The Morgan fingerprint density at radius 3 is 3.12 bits per heavy atom. The van der Waals surface area contributed by atoms with E-state index in [1.165, 1.54) is 0 Å². The van der Waals surface area contributed by atoms with E-state index in [-0.39, 0.29) is 5.91 Å². The van der Waals surface area contributed by atoms with Crippen LogP contribution in [0, 0.1) is 0 Å². The minimum absolute atomic E-state index is 0.125. The molecule has 0 spiro atoms. The van der Waals surface area contributed by atoms with E-state index in [9.17, 15) is 4.79 Å². The first-order valence-electron chi connectivity index (χ1n) is 7.91. The first-order valence-corrected chi connectivity index (χ1v) is 8.89. The molecule has 0 unspecified atom stereocenters. The van der Waals surface area contributed by atoms with Crippen molar-refractivity contribution in [1.82, 2.24) is 9.97 Å². The van der Waals surface area contributed by atoms with Gasteiger partial charge in [0.15, 0.2) is 0 Å². The van der Waals surface area contributed by atoms with Crippen LogP contribution in [0.4, 0.5) is 17.1 Å². The van der Waals surface area contributed by atoms with Gasteiger partial charge in [-0.05, 0) is 30.3 Å². The molecule has 1 aromatic carbocycles. The number of aromatic nitrogens is 2. The van der Waals surface area contributed by atoms with Crippen molar-refractivity contribution in [3.8, 4) is 0 Å². The standard InChI is InChI=1S/C18H17N5OS/c19-12-2-1-3-13(10-12)22-18(24)16-11-23(8-9-25-16)15-5-7-21-17-14(15)4-6-20-17/h1-7,10-11H,8-9,19H2,(H,20,21)(H,22,24). The molecule has 1 amide bonds. The van der Waals surface area contributed by atoms with E-state index in [0.29, 0.717) is 16.3 Å². The average molecular weight is 351 g/mol. The summed E-state index contributed by atoms with van der Waals surface area (Å²) < 4.78 is 0. The number of pyridine rings is 1. The lowest BCUT2D eigenvalue weighted by molar-refractivity contribution is -0.112. The molecule has 126 valence electrons. The fourth-order valence-corrected chi connectivity index (χ4v) is 3.71. The van der Waals surface area contributed by atoms with Crippen LogP contribution in [0.5, 0.6) is 0 Å². The SMILES string of the molecule is Nc1cccc(NC(=O)C2=CN(c3ccnc4[nH]ccc34)CCS2)c1. The summed E-state index contributed by atoms with van der Waals surface area (Å²) in [5.41, 5.74) is 8.97. The van der Waals surface area contributed by atoms with Crippen molar-refractivity contribution in [2.24, 2.45) is 0 Å². The molecule has 3 heterocycles. The summed E-state index contributed by atoms with van der Waals surface area (Å²) in [6.07, 6.45) is 5.55. The van der Waals surface area contributed by atoms with Crippen LogP contribution < -0.4 is 16.0 Å². The number of thioether (sulfide) groups is 1. The molecule has 2 aromatic heterocycles. The Labute approximate surface area is 149 Å². The third kappa shape index (κ3) is 3.18. The number of aromatic amines is 1. The Morgan fingerprint density at radius 1 is 1.32 bits per heavy atom. The smallest absolute Gasteiger partial charge is 0.263 e. The van der Waals surface area contributed by atoms with E-state index in [0.717, 1.165) is 29.0 Å². The van der Waals surface area contributed by atoms with Gasteiger partial charge in [0, 0.05) is 47.7 Å². The Bertz CT molecular complexity index is 965. The summed E-state index contributed by atoms with van der Waals surface area (Å²) in [6.45, 7) is 0.837. The zero-order valence-corrected chi connectivity index (χ0v) is 14.2. The maximum absolute atomic E-state index is 12.6. The molecule has 0 fully saturated rings. The minimum Gasteiger partial charge on any atom is -0.399 e. The highest BCUT2D eigenvalue weighted by atomic mass is 32.2. The summed E-state index contributed by atoms with van der Waals surface area (Å²) >= 11 is 1.55. The van der Waals surface area contributed by atoms with Crippen molar-refractivity contribution in [3.05, 3.63) is 59.9 Å². The van der Waals surface area contributed by atoms with Gasteiger partial charge in [0.2, 0.25) is 0 Å². The first-order chi connectivity index (χ1) is 12.2. The molecule has 0 aliphatic carbocycles. The Morgan fingerprint density at radius 2 is 2.24 bits per heavy atom. The van der Waals surface area contributed by atoms with Gasteiger partial charge in [-0.2, -0.15) is 0 Å². The quantitative estimate of drug-likeness (QED) is 0.631. The van der Waals surface area contributed by atoms with Crippen molar-refractivity contribution >= 4 is 45.8 Å². The summed E-state index contributed by atoms with van der Waals surface area (Å²) in [5, 5.41) is 3.95. The molecule has 0 saturated heterocycles. The van der Waals surface area contributed by atoms with E-state index in [2.05, 4.69) is 20.2 Å². The predicted molar refractivity (Wildman–Crippen MR) is 103 cm³/mol. The summed E-state index contributed by atoms with van der Waals surface area (Å²) in [5.74, 6) is 0.712. The number of carbonyl (C=O) groups excluding carboxylic acids is 1. The van der Waals surface area contributed by atoms with Crippen molar-refractivity contribution in [3.63, 3.8) is 0 Å². The van der Waals surface area contributed by atoms with Crippen LogP contribution in [0.25, 0.3) is 11.0 Å². The molecule has 6 nitrogen and oxygen atoms in total. The summed E-state index contributed by atoms with van der Waals surface area (Å²) in [6, 6.07) is 11.1. The molecule has 7 heteroatoms. The van der Waals surface area contributed by atoms with Gasteiger partial charge < -0.3 is 20.9 Å². The van der Waals surface area contributed by atoms with Crippen molar-refractivity contribution in [1.29, 1.82) is 0 Å². The second-order valence-corrected chi connectivity index (χ2v) is 6.82. The number of H-pyrrole nitrogens is 1. The van der Waals surface area contributed by atoms with Crippen LogP contribution in [-0.4, -0.2) is 28.2 Å². The molecule has 4 N–H and O–H groups in total. The van der Waals surface area contributed by atoms with E-state index in [1.54, 1.807) is 30.1 Å². The fourth-order valence-electron chi connectivity index (χ4n) is 2.82.